The maximum Gasteiger partial charge on any atom is 0.249 e. The zero-order valence-electron chi connectivity index (χ0n) is 7.94. The molecule has 0 saturated carbocycles. The van der Waals surface area contributed by atoms with E-state index in [0.29, 0.717) is 28.4 Å². The Labute approximate surface area is 98.0 Å². The van der Waals surface area contributed by atoms with Gasteiger partial charge in [0, 0.05) is 4.47 Å². The number of aromatic amines is 1. The van der Waals surface area contributed by atoms with Gasteiger partial charge in [-0.05, 0) is 12.1 Å². The summed E-state index contributed by atoms with van der Waals surface area (Å²) >= 11 is 3.35. The van der Waals surface area contributed by atoms with Gasteiger partial charge < -0.3 is 10.2 Å². The molecule has 1 aromatic carbocycles. The minimum atomic E-state index is 0.397. The number of nitrogens with two attached hydrogens (primary N) is 1. The van der Waals surface area contributed by atoms with Crippen molar-refractivity contribution in [3.05, 3.63) is 22.8 Å². The van der Waals surface area contributed by atoms with Crippen molar-refractivity contribution >= 4 is 32.7 Å². The summed E-state index contributed by atoms with van der Waals surface area (Å²) in [6, 6.07) is 3.60. The number of aromatic nitrogens is 4. The largest absolute Gasteiger partial charge is 0.432 e. The molecular weight excluding hydrogens is 274 g/mol. The van der Waals surface area contributed by atoms with Gasteiger partial charge in [0.15, 0.2) is 11.3 Å². The fourth-order valence-electron chi connectivity index (χ4n) is 1.44. The summed E-state index contributed by atoms with van der Waals surface area (Å²) in [6.45, 7) is 0. The fraction of sp³-hybridized carbons (Fsp3) is 0. The van der Waals surface area contributed by atoms with Crippen LogP contribution < -0.4 is 5.73 Å². The Balaban J connectivity index is 2.27. The molecule has 2 aromatic heterocycles. The summed E-state index contributed by atoms with van der Waals surface area (Å²) in [5, 5.41) is 10.1. The number of rotatable bonds is 1. The predicted molar refractivity (Wildman–Crippen MR) is 61.5 cm³/mol. The average Bonchev–Trinajstić information content (AvgIpc) is 2.82. The molecule has 0 aliphatic carbocycles. The molecule has 0 atom stereocenters. The number of nitrogens with one attached hydrogen (secondary N) is 1. The lowest BCUT2D eigenvalue weighted by Gasteiger charge is -1.93. The number of halogens is 1. The quantitative estimate of drug-likeness (QED) is 0.664. The normalized spacial score (nSPS) is 11.1. The van der Waals surface area contributed by atoms with Crippen molar-refractivity contribution in [2.45, 2.75) is 0 Å². The van der Waals surface area contributed by atoms with E-state index in [1.165, 1.54) is 6.20 Å². The van der Waals surface area contributed by atoms with Crippen molar-refractivity contribution in [3.8, 4) is 11.6 Å². The van der Waals surface area contributed by atoms with E-state index in [-0.39, 0.29) is 0 Å². The molecule has 0 radical (unpaired) electrons. The number of hydrogen-bond acceptors (Lipinski definition) is 5. The SMILES string of the molecule is Nc1cc(Br)cc2nc(-c3cn[nH]n3)oc12. The van der Waals surface area contributed by atoms with Crippen LogP contribution in [0.2, 0.25) is 0 Å². The predicted octanol–water partition coefficient (Wildman–Crippen LogP) is 1.96. The van der Waals surface area contributed by atoms with Crippen LogP contribution >= 0.6 is 15.9 Å². The van der Waals surface area contributed by atoms with Crippen LogP contribution in [-0.2, 0) is 0 Å². The van der Waals surface area contributed by atoms with Gasteiger partial charge in [0.05, 0.1) is 11.9 Å². The first kappa shape index (κ1) is 9.34. The van der Waals surface area contributed by atoms with E-state index in [0.717, 1.165) is 4.47 Å². The minimum Gasteiger partial charge on any atom is -0.432 e. The molecule has 0 aliphatic rings. The second-order valence-corrected chi connectivity index (χ2v) is 4.13. The highest BCUT2D eigenvalue weighted by Gasteiger charge is 2.12. The average molecular weight is 280 g/mol. The molecule has 80 valence electrons. The molecule has 0 aliphatic heterocycles. The van der Waals surface area contributed by atoms with Crippen LogP contribution in [0.25, 0.3) is 22.7 Å². The summed E-state index contributed by atoms with van der Waals surface area (Å²) in [7, 11) is 0. The van der Waals surface area contributed by atoms with E-state index in [4.69, 9.17) is 10.2 Å². The van der Waals surface area contributed by atoms with Crippen molar-refractivity contribution in [3.63, 3.8) is 0 Å². The van der Waals surface area contributed by atoms with Gasteiger partial charge in [-0.3, -0.25) is 0 Å². The summed E-state index contributed by atoms with van der Waals surface area (Å²) in [5.41, 5.74) is 8.14. The molecule has 3 aromatic rings. The molecule has 16 heavy (non-hydrogen) atoms. The van der Waals surface area contributed by atoms with Crippen LogP contribution in [0.3, 0.4) is 0 Å². The standard InChI is InChI=1S/C9H6BrN5O/c10-4-1-5(11)8-6(2-4)13-9(16-8)7-3-12-15-14-7/h1-3H,11H2,(H,12,14,15). The van der Waals surface area contributed by atoms with Crippen LogP contribution in [0.15, 0.2) is 27.2 Å². The molecule has 0 unspecified atom stereocenters. The third-order valence-corrected chi connectivity index (χ3v) is 2.58. The monoisotopic (exact) mass is 279 g/mol. The maximum absolute atomic E-state index is 5.82. The van der Waals surface area contributed by atoms with Gasteiger partial charge >= 0.3 is 0 Å². The first-order valence-corrected chi connectivity index (χ1v) is 5.25. The zero-order chi connectivity index (χ0) is 11.1. The van der Waals surface area contributed by atoms with E-state index >= 15 is 0 Å². The van der Waals surface area contributed by atoms with Crippen molar-refractivity contribution < 1.29 is 4.42 Å². The van der Waals surface area contributed by atoms with E-state index in [1.54, 1.807) is 6.07 Å². The number of hydrogen-bond donors (Lipinski definition) is 2. The van der Waals surface area contributed by atoms with Crippen molar-refractivity contribution in [1.82, 2.24) is 20.4 Å². The van der Waals surface area contributed by atoms with E-state index in [1.807, 2.05) is 6.07 Å². The Hall–Kier alpha value is -1.89. The number of anilines is 1. The molecule has 3 rings (SSSR count). The summed E-state index contributed by atoms with van der Waals surface area (Å²) in [5.74, 6) is 0.397. The molecular formula is C9H6BrN5O. The molecule has 7 heteroatoms. The second kappa shape index (κ2) is 3.31. The van der Waals surface area contributed by atoms with E-state index < -0.39 is 0 Å². The molecule has 2 heterocycles. The Morgan fingerprint density at radius 1 is 1.38 bits per heavy atom. The van der Waals surface area contributed by atoms with Gasteiger partial charge in [-0.1, -0.05) is 15.9 Å². The van der Waals surface area contributed by atoms with Gasteiger partial charge in [0.1, 0.15) is 5.52 Å². The molecule has 0 amide bonds. The molecule has 0 fully saturated rings. The molecule has 0 bridgehead atoms. The van der Waals surface area contributed by atoms with Crippen LogP contribution in [0.5, 0.6) is 0 Å². The Morgan fingerprint density at radius 3 is 3.00 bits per heavy atom. The number of fused-ring (bicyclic) bond motifs is 1. The third-order valence-electron chi connectivity index (χ3n) is 2.12. The highest BCUT2D eigenvalue weighted by Crippen LogP contribution is 2.29. The minimum absolute atomic E-state index is 0.397. The zero-order valence-corrected chi connectivity index (χ0v) is 9.52. The lowest BCUT2D eigenvalue weighted by molar-refractivity contribution is 0.617. The van der Waals surface area contributed by atoms with Crippen LogP contribution in [0, 0.1) is 0 Å². The molecule has 3 N–H and O–H groups in total. The van der Waals surface area contributed by atoms with E-state index in [2.05, 4.69) is 36.3 Å². The smallest absolute Gasteiger partial charge is 0.249 e. The van der Waals surface area contributed by atoms with Crippen LogP contribution in [0.1, 0.15) is 0 Å². The van der Waals surface area contributed by atoms with Crippen molar-refractivity contribution in [2.75, 3.05) is 5.73 Å². The van der Waals surface area contributed by atoms with Gasteiger partial charge in [-0.25, -0.2) is 4.98 Å². The van der Waals surface area contributed by atoms with Crippen molar-refractivity contribution in [2.24, 2.45) is 0 Å². The molecule has 0 spiro atoms. The number of H-pyrrole nitrogens is 1. The number of oxazole rings is 1. The topological polar surface area (TPSA) is 93.6 Å². The highest BCUT2D eigenvalue weighted by atomic mass is 79.9. The lowest BCUT2D eigenvalue weighted by atomic mass is 10.3. The maximum atomic E-state index is 5.82. The summed E-state index contributed by atoms with van der Waals surface area (Å²) in [4.78, 5) is 4.28. The van der Waals surface area contributed by atoms with Gasteiger partial charge in [-0.2, -0.15) is 15.4 Å². The first-order chi connectivity index (χ1) is 7.74. The number of benzene rings is 1. The van der Waals surface area contributed by atoms with Gasteiger partial charge in [0.2, 0.25) is 5.89 Å². The second-order valence-electron chi connectivity index (χ2n) is 3.22. The van der Waals surface area contributed by atoms with Gasteiger partial charge in [0.25, 0.3) is 0 Å². The Kier molecular flexibility index (Phi) is 1.93. The first-order valence-electron chi connectivity index (χ1n) is 4.46. The number of nitrogen functional groups attached to an aromatic ring is 1. The Morgan fingerprint density at radius 2 is 2.25 bits per heavy atom. The van der Waals surface area contributed by atoms with Gasteiger partial charge in [-0.15, -0.1) is 0 Å². The summed E-state index contributed by atoms with van der Waals surface area (Å²) < 4.78 is 6.38. The lowest BCUT2D eigenvalue weighted by Crippen LogP contribution is -1.84. The van der Waals surface area contributed by atoms with Crippen molar-refractivity contribution in [1.29, 1.82) is 0 Å². The fourth-order valence-corrected chi connectivity index (χ4v) is 1.90. The number of nitrogens with zero attached hydrogens (tertiary/aromatic N) is 3. The van der Waals surface area contributed by atoms with Crippen LogP contribution in [0.4, 0.5) is 5.69 Å². The van der Waals surface area contributed by atoms with E-state index in [9.17, 15) is 0 Å². The summed E-state index contributed by atoms with van der Waals surface area (Å²) in [6.07, 6.45) is 1.54. The molecule has 6 nitrogen and oxygen atoms in total. The van der Waals surface area contributed by atoms with Crippen LogP contribution in [-0.4, -0.2) is 20.4 Å². The Bertz CT molecular complexity index is 645. The highest BCUT2D eigenvalue weighted by molar-refractivity contribution is 9.10. The molecule has 0 saturated heterocycles. The third kappa shape index (κ3) is 1.36.